The van der Waals surface area contributed by atoms with E-state index < -0.39 is 42.4 Å². The summed E-state index contributed by atoms with van der Waals surface area (Å²) in [5.41, 5.74) is -0.849. The van der Waals surface area contributed by atoms with Crippen LogP contribution in [0.2, 0.25) is 10.0 Å². The molecule has 1 saturated heterocycles. The third-order valence-corrected chi connectivity index (χ3v) is 5.46. The fourth-order valence-corrected chi connectivity index (χ4v) is 3.85. The second kappa shape index (κ2) is 10.1. The zero-order chi connectivity index (χ0) is 24.3. The van der Waals surface area contributed by atoms with Crippen molar-refractivity contribution in [3.8, 4) is 16.9 Å². The van der Waals surface area contributed by atoms with Gasteiger partial charge in [0, 0.05) is 16.1 Å². The first-order valence-corrected chi connectivity index (χ1v) is 10.4. The van der Waals surface area contributed by atoms with E-state index in [0.29, 0.717) is 0 Å². The van der Waals surface area contributed by atoms with Crippen molar-refractivity contribution in [1.29, 1.82) is 0 Å². The zero-order valence-corrected chi connectivity index (χ0v) is 18.6. The molecule has 2 amide bonds. The minimum absolute atomic E-state index is 0.0118. The van der Waals surface area contributed by atoms with Crippen molar-refractivity contribution in [1.82, 2.24) is 10.6 Å². The second-order valence-electron chi connectivity index (χ2n) is 7.40. The Balaban J connectivity index is 1.84. The fraction of sp³-hybridized carbons (Fsp3) is 0.333. The maximum Gasteiger partial charge on any atom is 0.405 e. The van der Waals surface area contributed by atoms with Crippen LogP contribution in [0.3, 0.4) is 0 Å². The summed E-state index contributed by atoms with van der Waals surface area (Å²) in [6.45, 7) is 0.331. The van der Waals surface area contributed by atoms with Crippen LogP contribution in [0.15, 0.2) is 30.3 Å². The van der Waals surface area contributed by atoms with Crippen LogP contribution in [-0.2, 0) is 9.53 Å². The lowest BCUT2D eigenvalue weighted by Gasteiger charge is -2.40. The molecule has 1 fully saturated rings. The highest BCUT2D eigenvalue weighted by Gasteiger charge is 2.48. The van der Waals surface area contributed by atoms with Crippen LogP contribution in [0.1, 0.15) is 18.5 Å². The van der Waals surface area contributed by atoms with E-state index in [2.05, 4.69) is 10.6 Å². The number of hydrogen-bond donors (Lipinski definition) is 3. The van der Waals surface area contributed by atoms with Crippen molar-refractivity contribution in [3.63, 3.8) is 0 Å². The lowest BCUT2D eigenvalue weighted by Crippen LogP contribution is -2.70. The monoisotopic (exact) mass is 506 g/mol. The van der Waals surface area contributed by atoms with Gasteiger partial charge in [-0.1, -0.05) is 35.3 Å². The standard InChI is InChI=1S/C21H19Cl2F3N2O5/c1-10(27-19(29)21(8-32-9-21)28-20(30)31)13-3-2-11(4-16(13)24)14-5-12(22)6-15(23)18(14)33-7-17(25)26/h2-6,10,17,28H,7-9H2,1H3,(H,27,29)(H,30,31)/t10-/m1/s1. The summed E-state index contributed by atoms with van der Waals surface area (Å²) < 4.78 is 50.3. The number of amides is 2. The predicted molar refractivity (Wildman–Crippen MR) is 115 cm³/mol. The van der Waals surface area contributed by atoms with E-state index in [-0.39, 0.29) is 45.7 Å². The highest BCUT2D eigenvalue weighted by Crippen LogP contribution is 2.40. The van der Waals surface area contributed by atoms with E-state index in [9.17, 15) is 22.8 Å². The van der Waals surface area contributed by atoms with E-state index in [4.69, 9.17) is 37.8 Å². The molecule has 0 spiro atoms. The SMILES string of the molecule is C[C@@H](NC(=O)C1(NC(=O)O)COC1)c1ccc(-c2cc(Cl)cc(Cl)c2OCC(F)F)cc1F. The summed E-state index contributed by atoms with van der Waals surface area (Å²) in [7, 11) is 0. The molecule has 12 heteroatoms. The van der Waals surface area contributed by atoms with Crippen LogP contribution in [0.25, 0.3) is 11.1 Å². The molecule has 7 nitrogen and oxygen atoms in total. The van der Waals surface area contributed by atoms with Gasteiger partial charge in [0.2, 0.25) is 0 Å². The van der Waals surface area contributed by atoms with Gasteiger partial charge in [0.05, 0.1) is 24.3 Å². The van der Waals surface area contributed by atoms with E-state index in [0.717, 1.165) is 6.07 Å². The van der Waals surface area contributed by atoms with Gasteiger partial charge in [-0.2, -0.15) is 0 Å². The first kappa shape index (κ1) is 24.9. The van der Waals surface area contributed by atoms with Crippen LogP contribution in [-0.4, -0.2) is 48.9 Å². The van der Waals surface area contributed by atoms with Gasteiger partial charge in [-0.3, -0.25) is 4.79 Å². The van der Waals surface area contributed by atoms with E-state index >= 15 is 0 Å². The Morgan fingerprint density at radius 3 is 2.48 bits per heavy atom. The number of halogens is 5. The van der Waals surface area contributed by atoms with Crippen LogP contribution < -0.4 is 15.4 Å². The average Bonchev–Trinajstić information content (AvgIpc) is 2.68. The number of nitrogens with one attached hydrogen (secondary N) is 2. The number of rotatable bonds is 8. The molecule has 1 atom stereocenters. The van der Waals surface area contributed by atoms with E-state index in [1.165, 1.54) is 31.2 Å². The van der Waals surface area contributed by atoms with Crippen LogP contribution in [0, 0.1) is 5.82 Å². The molecule has 0 aliphatic carbocycles. The highest BCUT2D eigenvalue weighted by molar-refractivity contribution is 6.36. The van der Waals surface area contributed by atoms with Gasteiger partial charge in [-0.15, -0.1) is 0 Å². The molecule has 0 aromatic heterocycles. The Morgan fingerprint density at radius 2 is 1.94 bits per heavy atom. The highest BCUT2D eigenvalue weighted by atomic mass is 35.5. The molecule has 178 valence electrons. The maximum absolute atomic E-state index is 15.0. The van der Waals surface area contributed by atoms with Crippen molar-refractivity contribution >= 4 is 35.2 Å². The Hall–Kier alpha value is -2.69. The summed E-state index contributed by atoms with van der Waals surface area (Å²) >= 11 is 12.1. The number of carboxylic acid groups (broad SMARTS) is 1. The number of carbonyl (C=O) groups excluding carboxylic acids is 1. The molecule has 3 rings (SSSR count). The lowest BCUT2D eigenvalue weighted by atomic mass is 9.95. The molecule has 2 aromatic carbocycles. The van der Waals surface area contributed by atoms with Crippen molar-refractivity contribution in [2.24, 2.45) is 0 Å². The fourth-order valence-electron chi connectivity index (χ4n) is 3.30. The molecular weight excluding hydrogens is 488 g/mol. The average molecular weight is 507 g/mol. The van der Waals surface area contributed by atoms with Gasteiger partial charge >= 0.3 is 6.09 Å². The summed E-state index contributed by atoms with van der Waals surface area (Å²) in [5, 5.41) is 13.8. The molecule has 0 radical (unpaired) electrons. The Kier molecular flexibility index (Phi) is 7.61. The number of alkyl halides is 2. The maximum atomic E-state index is 15.0. The molecule has 2 aromatic rings. The van der Waals surface area contributed by atoms with Gasteiger partial charge in [0.25, 0.3) is 12.3 Å². The molecule has 33 heavy (non-hydrogen) atoms. The van der Waals surface area contributed by atoms with E-state index in [1.54, 1.807) is 0 Å². The van der Waals surface area contributed by atoms with Gasteiger partial charge < -0.3 is 25.2 Å². The van der Waals surface area contributed by atoms with Crippen LogP contribution >= 0.6 is 23.2 Å². The minimum atomic E-state index is -2.74. The summed E-state index contributed by atoms with van der Waals surface area (Å²) in [6, 6.07) is 5.93. The topological polar surface area (TPSA) is 96.9 Å². The summed E-state index contributed by atoms with van der Waals surface area (Å²) in [4.78, 5) is 23.5. The van der Waals surface area contributed by atoms with E-state index in [1.807, 2.05) is 0 Å². The quantitative estimate of drug-likeness (QED) is 0.483. The molecule has 1 aliphatic heterocycles. The Labute approximate surface area is 196 Å². The van der Waals surface area contributed by atoms with Crippen LogP contribution in [0.4, 0.5) is 18.0 Å². The predicted octanol–water partition coefficient (Wildman–Crippen LogP) is 4.66. The minimum Gasteiger partial charge on any atom is -0.485 e. The largest absolute Gasteiger partial charge is 0.485 e. The van der Waals surface area contributed by atoms with Gasteiger partial charge in [-0.25, -0.2) is 18.0 Å². The van der Waals surface area contributed by atoms with Gasteiger partial charge in [0.15, 0.2) is 5.54 Å². The van der Waals surface area contributed by atoms with Gasteiger partial charge in [0.1, 0.15) is 18.2 Å². The number of benzene rings is 2. The number of hydrogen-bond acceptors (Lipinski definition) is 4. The van der Waals surface area contributed by atoms with Crippen molar-refractivity contribution < 1.29 is 37.3 Å². The first-order chi connectivity index (χ1) is 15.5. The molecule has 0 bridgehead atoms. The molecule has 0 saturated carbocycles. The first-order valence-electron chi connectivity index (χ1n) is 9.62. The summed E-state index contributed by atoms with van der Waals surface area (Å²) in [5.74, 6) is -1.43. The molecule has 0 unspecified atom stereocenters. The van der Waals surface area contributed by atoms with Crippen molar-refractivity contribution in [3.05, 3.63) is 51.8 Å². The zero-order valence-electron chi connectivity index (χ0n) is 17.1. The van der Waals surface area contributed by atoms with Crippen LogP contribution in [0.5, 0.6) is 5.75 Å². The summed E-state index contributed by atoms with van der Waals surface area (Å²) in [6.07, 6.45) is -4.13. The van der Waals surface area contributed by atoms with Crippen molar-refractivity contribution in [2.75, 3.05) is 19.8 Å². The Bertz CT molecular complexity index is 1070. The molecule has 1 aliphatic rings. The molecule has 3 N–H and O–H groups in total. The Morgan fingerprint density at radius 1 is 1.24 bits per heavy atom. The third-order valence-electron chi connectivity index (χ3n) is 4.97. The number of ether oxygens (including phenoxy) is 2. The molecule has 1 heterocycles. The number of carbonyl (C=O) groups is 2. The van der Waals surface area contributed by atoms with Gasteiger partial charge in [-0.05, 0) is 30.7 Å². The third kappa shape index (κ3) is 5.63. The second-order valence-corrected chi connectivity index (χ2v) is 8.25. The van der Waals surface area contributed by atoms with Crippen molar-refractivity contribution in [2.45, 2.75) is 24.9 Å². The molecular formula is C21H19Cl2F3N2O5. The normalized spacial score (nSPS) is 15.5. The lowest BCUT2D eigenvalue weighted by molar-refractivity contribution is -0.147. The smallest absolute Gasteiger partial charge is 0.405 e.